The van der Waals surface area contributed by atoms with E-state index in [2.05, 4.69) is 5.32 Å². The summed E-state index contributed by atoms with van der Waals surface area (Å²) in [6.45, 7) is 0.128. The maximum absolute atomic E-state index is 13.7. The van der Waals surface area contributed by atoms with E-state index in [-0.39, 0.29) is 23.4 Å². The molecule has 0 atom stereocenters. The maximum Gasteiger partial charge on any atom is 0.488 e. The van der Waals surface area contributed by atoms with Crippen molar-refractivity contribution in [2.24, 2.45) is 0 Å². The van der Waals surface area contributed by atoms with Crippen LogP contribution < -0.4 is 10.8 Å². The highest BCUT2D eigenvalue weighted by atomic mass is 19.1. The zero-order valence-electron chi connectivity index (χ0n) is 10.9. The lowest BCUT2D eigenvalue weighted by atomic mass is 9.80. The Hall–Kier alpha value is -2.25. The molecule has 2 rings (SSSR count). The first-order chi connectivity index (χ1) is 9.97. The second-order valence-corrected chi connectivity index (χ2v) is 4.42. The lowest BCUT2D eigenvalue weighted by Crippen LogP contribution is -2.31. The Balaban J connectivity index is 2.05. The van der Waals surface area contributed by atoms with E-state index in [1.165, 1.54) is 36.4 Å². The zero-order chi connectivity index (χ0) is 15.4. The second-order valence-electron chi connectivity index (χ2n) is 4.42. The quantitative estimate of drug-likeness (QED) is 0.722. The van der Waals surface area contributed by atoms with Crippen LogP contribution in [0.15, 0.2) is 42.5 Å². The zero-order valence-corrected chi connectivity index (χ0v) is 10.9. The van der Waals surface area contributed by atoms with Gasteiger partial charge in [-0.3, -0.25) is 4.79 Å². The van der Waals surface area contributed by atoms with Gasteiger partial charge in [0.15, 0.2) is 0 Å². The Kier molecular flexibility index (Phi) is 4.67. The topological polar surface area (TPSA) is 69.6 Å². The third-order valence-corrected chi connectivity index (χ3v) is 2.90. The molecule has 0 aliphatic rings. The first-order valence-corrected chi connectivity index (χ1v) is 6.15. The molecule has 0 spiro atoms. The number of hydrogen-bond acceptors (Lipinski definition) is 3. The molecule has 21 heavy (non-hydrogen) atoms. The number of carbonyl (C=O) groups excluding carboxylic acids is 1. The molecular formula is C14H12BF2NO3. The summed E-state index contributed by atoms with van der Waals surface area (Å²) >= 11 is 0. The van der Waals surface area contributed by atoms with Crippen LogP contribution in [0.2, 0.25) is 0 Å². The van der Waals surface area contributed by atoms with Gasteiger partial charge in [0.1, 0.15) is 11.6 Å². The first kappa shape index (κ1) is 15.1. The van der Waals surface area contributed by atoms with E-state index in [9.17, 15) is 13.6 Å². The number of benzene rings is 2. The number of carbonyl (C=O) groups is 1. The van der Waals surface area contributed by atoms with Crippen molar-refractivity contribution < 1.29 is 23.6 Å². The minimum atomic E-state index is -1.80. The normalized spacial score (nSPS) is 10.3. The molecule has 3 N–H and O–H groups in total. The fourth-order valence-electron chi connectivity index (χ4n) is 1.76. The van der Waals surface area contributed by atoms with Crippen LogP contribution in [0.3, 0.4) is 0 Å². The molecule has 0 fully saturated rings. The highest BCUT2D eigenvalue weighted by molar-refractivity contribution is 6.58. The van der Waals surface area contributed by atoms with E-state index in [4.69, 9.17) is 10.0 Å². The highest BCUT2D eigenvalue weighted by Gasteiger charge is 2.16. The summed E-state index contributed by atoms with van der Waals surface area (Å²) in [6.07, 6.45) is 0. The van der Waals surface area contributed by atoms with Gasteiger partial charge in [-0.05, 0) is 35.3 Å². The SMILES string of the molecule is O=C(NCc1ccc(F)cc1)c1ccc(B(O)O)cc1F. The van der Waals surface area contributed by atoms with Crippen LogP contribution in [0.4, 0.5) is 8.78 Å². The summed E-state index contributed by atoms with van der Waals surface area (Å²) < 4.78 is 26.4. The molecule has 108 valence electrons. The predicted molar refractivity (Wildman–Crippen MR) is 73.8 cm³/mol. The summed E-state index contributed by atoms with van der Waals surface area (Å²) in [5, 5.41) is 20.3. The van der Waals surface area contributed by atoms with Gasteiger partial charge >= 0.3 is 7.12 Å². The second kappa shape index (κ2) is 6.47. The monoisotopic (exact) mass is 291 g/mol. The molecule has 0 heterocycles. The Labute approximate surface area is 120 Å². The number of halogens is 2. The summed E-state index contributed by atoms with van der Waals surface area (Å²) in [6, 6.07) is 8.86. The Morgan fingerprint density at radius 2 is 1.76 bits per heavy atom. The van der Waals surface area contributed by atoms with Crippen molar-refractivity contribution in [1.29, 1.82) is 0 Å². The van der Waals surface area contributed by atoms with E-state index in [1.807, 2.05) is 0 Å². The van der Waals surface area contributed by atoms with Crippen molar-refractivity contribution in [3.8, 4) is 0 Å². The smallest absolute Gasteiger partial charge is 0.423 e. The van der Waals surface area contributed by atoms with Gasteiger partial charge in [-0.15, -0.1) is 0 Å². The average molecular weight is 291 g/mol. The van der Waals surface area contributed by atoms with E-state index in [1.54, 1.807) is 0 Å². The molecule has 0 radical (unpaired) electrons. The average Bonchev–Trinajstić information content (AvgIpc) is 2.46. The van der Waals surface area contributed by atoms with Crippen LogP contribution in [-0.4, -0.2) is 23.1 Å². The standard InChI is InChI=1S/C14H12BF2NO3/c16-11-4-1-9(2-5-11)8-18-14(19)12-6-3-10(15(20)21)7-13(12)17/h1-7,20-21H,8H2,(H,18,19). The molecule has 0 bridgehead atoms. The van der Waals surface area contributed by atoms with Crippen molar-refractivity contribution >= 4 is 18.5 Å². The molecule has 0 unspecified atom stereocenters. The summed E-state index contributed by atoms with van der Waals surface area (Å²) in [5.41, 5.74) is 0.427. The van der Waals surface area contributed by atoms with Crippen molar-refractivity contribution in [3.05, 3.63) is 65.2 Å². The van der Waals surface area contributed by atoms with Crippen LogP contribution in [0, 0.1) is 11.6 Å². The van der Waals surface area contributed by atoms with Crippen LogP contribution in [0.1, 0.15) is 15.9 Å². The van der Waals surface area contributed by atoms with Crippen LogP contribution in [0.5, 0.6) is 0 Å². The van der Waals surface area contributed by atoms with Gasteiger partial charge in [0.2, 0.25) is 0 Å². The molecule has 4 nitrogen and oxygen atoms in total. The molecule has 0 aliphatic heterocycles. The van der Waals surface area contributed by atoms with E-state index >= 15 is 0 Å². The minimum Gasteiger partial charge on any atom is -0.423 e. The molecule has 0 aromatic heterocycles. The molecule has 7 heteroatoms. The van der Waals surface area contributed by atoms with Crippen LogP contribution >= 0.6 is 0 Å². The lowest BCUT2D eigenvalue weighted by Gasteiger charge is -2.07. The molecule has 0 saturated heterocycles. The Bertz CT molecular complexity index is 647. The fraction of sp³-hybridized carbons (Fsp3) is 0.0714. The summed E-state index contributed by atoms with van der Waals surface area (Å²) in [5.74, 6) is -1.87. The van der Waals surface area contributed by atoms with Gasteiger partial charge in [-0.1, -0.05) is 18.2 Å². The number of hydrogen-bond donors (Lipinski definition) is 3. The van der Waals surface area contributed by atoms with Gasteiger partial charge in [0.05, 0.1) is 5.56 Å². The molecule has 0 saturated carbocycles. The van der Waals surface area contributed by atoms with Crippen molar-refractivity contribution in [1.82, 2.24) is 5.32 Å². The Morgan fingerprint density at radius 1 is 1.10 bits per heavy atom. The van der Waals surface area contributed by atoms with Crippen molar-refractivity contribution in [2.75, 3.05) is 0 Å². The number of rotatable bonds is 4. The summed E-state index contributed by atoms with van der Waals surface area (Å²) in [4.78, 5) is 11.8. The van der Waals surface area contributed by atoms with Crippen molar-refractivity contribution in [2.45, 2.75) is 6.54 Å². The van der Waals surface area contributed by atoms with E-state index < -0.39 is 18.8 Å². The number of nitrogens with one attached hydrogen (secondary N) is 1. The van der Waals surface area contributed by atoms with E-state index in [0.717, 1.165) is 6.07 Å². The van der Waals surface area contributed by atoms with Gasteiger partial charge in [0.25, 0.3) is 5.91 Å². The highest BCUT2D eigenvalue weighted by Crippen LogP contribution is 2.07. The fourth-order valence-corrected chi connectivity index (χ4v) is 1.76. The lowest BCUT2D eigenvalue weighted by molar-refractivity contribution is 0.0947. The Morgan fingerprint density at radius 3 is 2.33 bits per heavy atom. The predicted octanol–water partition coefficient (Wildman–Crippen LogP) is 0.575. The third kappa shape index (κ3) is 3.87. The van der Waals surface area contributed by atoms with Gasteiger partial charge in [0, 0.05) is 6.54 Å². The van der Waals surface area contributed by atoms with Crippen LogP contribution in [-0.2, 0) is 6.54 Å². The molecule has 1 amide bonds. The molecule has 2 aromatic rings. The van der Waals surface area contributed by atoms with Crippen LogP contribution in [0.25, 0.3) is 0 Å². The first-order valence-electron chi connectivity index (χ1n) is 6.15. The molecule has 0 aliphatic carbocycles. The molecular weight excluding hydrogens is 279 g/mol. The maximum atomic E-state index is 13.7. The largest absolute Gasteiger partial charge is 0.488 e. The van der Waals surface area contributed by atoms with Crippen molar-refractivity contribution in [3.63, 3.8) is 0 Å². The summed E-state index contributed by atoms with van der Waals surface area (Å²) in [7, 11) is -1.80. The minimum absolute atomic E-state index is 0.0393. The number of amides is 1. The van der Waals surface area contributed by atoms with Gasteiger partial charge in [-0.2, -0.15) is 0 Å². The van der Waals surface area contributed by atoms with E-state index in [0.29, 0.717) is 5.56 Å². The van der Waals surface area contributed by atoms with Gasteiger partial charge < -0.3 is 15.4 Å². The van der Waals surface area contributed by atoms with Gasteiger partial charge in [-0.25, -0.2) is 8.78 Å². The third-order valence-electron chi connectivity index (χ3n) is 2.90. The molecule has 2 aromatic carbocycles.